The fourth-order valence-electron chi connectivity index (χ4n) is 2.95. The summed E-state index contributed by atoms with van der Waals surface area (Å²) in [7, 11) is 0. The van der Waals surface area contributed by atoms with Gasteiger partial charge in [-0.3, -0.25) is 4.98 Å². The molecule has 3 heteroatoms. The van der Waals surface area contributed by atoms with Gasteiger partial charge in [-0.2, -0.15) is 0 Å². The number of hydrogen-bond donors (Lipinski definition) is 1. The van der Waals surface area contributed by atoms with E-state index in [1.54, 1.807) is 6.20 Å². The van der Waals surface area contributed by atoms with Gasteiger partial charge in [-0.25, -0.2) is 0 Å². The number of hydrogen-bond acceptors (Lipinski definition) is 3. The number of ether oxygens (including phenoxy) is 1. The van der Waals surface area contributed by atoms with Gasteiger partial charge in [0.15, 0.2) is 6.23 Å². The van der Waals surface area contributed by atoms with Crippen LogP contribution in [0, 0.1) is 0 Å². The van der Waals surface area contributed by atoms with Crippen molar-refractivity contribution >= 4 is 5.69 Å². The molecule has 0 amide bonds. The van der Waals surface area contributed by atoms with Crippen LogP contribution in [-0.4, -0.2) is 4.98 Å². The summed E-state index contributed by atoms with van der Waals surface area (Å²) < 4.78 is 6.43. The first-order valence-corrected chi connectivity index (χ1v) is 7.23. The summed E-state index contributed by atoms with van der Waals surface area (Å²) in [5.41, 5.74) is 3.26. The third-order valence-electron chi connectivity index (χ3n) is 4.18. The third kappa shape index (κ3) is 2.08. The molecule has 0 spiro atoms. The SMILES string of the molecule is CCC1(CC)O[C@@H](c2cccnc2)Nc2ccccc21. The Morgan fingerprint density at radius 3 is 2.65 bits per heavy atom. The number of anilines is 1. The summed E-state index contributed by atoms with van der Waals surface area (Å²) in [5.74, 6) is 0. The zero-order valence-electron chi connectivity index (χ0n) is 12.0. The summed E-state index contributed by atoms with van der Waals surface area (Å²) in [6.07, 6.45) is 5.42. The fraction of sp³-hybridized carbons (Fsp3) is 0.353. The first-order chi connectivity index (χ1) is 9.79. The van der Waals surface area contributed by atoms with Crippen LogP contribution >= 0.6 is 0 Å². The van der Waals surface area contributed by atoms with Crippen LogP contribution in [0.4, 0.5) is 5.69 Å². The lowest BCUT2D eigenvalue weighted by atomic mass is 9.85. The standard InChI is InChI=1S/C17H20N2O/c1-3-17(4-2)14-9-5-6-10-15(14)19-16(20-17)13-8-7-11-18-12-13/h5-12,16,19H,3-4H2,1-2H3/t16-/m0/s1. The van der Waals surface area contributed by atoms with Crippen molar-refractivity contribution < 1.29 is 4.74 Å². The highest BCUT2D eigenvalue weighted by molar-refractivity contribution is 5.56. The number of nitrogens with one attached hydrogen (secondary N) is 1. The van der Waals surface area contributed by atoms with E-state index in [2.05, 4.69) is 54.5 Å². The molecule has 0 fully saturated rings. The van der Waals surface area contributed by atoms with E-state index in [1.165, 1.54) is 5.56 Å². The Hall–Kier alpha value is -1.87. The summed E-state index contributed by atoms with van der Waals surface area (Å²) in [6.45, 7) is 4.37. The van der Waals surface area contributed by atoms with Gasteiger partial charge in [-0.1, -0.05) is 38.1 Å². The van der Waals surface area contributed by atoms with Crippen LogP contribution in [0.3, 0.4) is 0 Å². The Balaban J connectivity index is 2.05. The minimum Gasteiger partial charge on any atom is -0.356 e. The first-order valence-electron chi connectivity index (χ1n) is 7.23. The number of nitrogens with zero attached hydrogens (tertiary/aromatic N) is 1. The average Bonchev–Trinajstić information content (AvgIpc) is 2.54. The van der Waals surface area contributed by atoms with E-state index in [0.29, 0.717) is 0 Å². The lowest BCUT2D eigenvalue weighted by Crippen LogP contribution is -2.37. The highest BCUT2D eigenvalue weighted by Gasteiger charge is 2.38. The van der Waals surface area contributed by atoms with Crippen molar-refractivity contribution in [2.75, 3.05) is 5.32 Å². The monoisotopic (exact) mass is 268 g/mol. The zero-order valence-corrected chi connectivity index (χ0v) is 12.0. The lowest BCUT2D eigenvalue weighted by molar-refractivity contribution is -0.104. The van der Waals surface area contributed by atoms with Crippen molar-refractivity contribution in [3.8, 4) is 0 Å². The van der Waals surface area contributed by atoms with E-state index < -0.39 is 0 Å². The van der Waals surface area contributed by atoms with Crippen LogP contribution in [0.2, 0.25) is 0 Å². The molecule has 3 rings (SSSR count). The van der Waals surface area contributed by atoms with Crippen LogP contribution in [0.25, 0.3) is 0 Å². The first kappa shape index (κ1) is 13.1. The van der Waals surface area contributed by atoms with Gasteiger partial charge in [-0.05, 0) is 25.0 Å². The van der Waals surface area contributed by atoms with E-state index in [0.717, 1.165) is 24.1 Å². The molecular weight excluding hydrogens is 248 g/mol. The smallest absolute Gasteiger partial charge is 0.156 e. The zero-order chi connectivity index (χ0) is 14.0. The van der Waals surface area contributed by atoms with E-state index in [1.807, 2.05) is 12.3 Å². The summed E-state index contributed by atoms with van der Waals surface area (Å²) in [4.78, 5) is 4.20. The molecule has 1 aromatic carbocycles. The molecule has 0 aliphatic carbocycles. The second kappa shape index (κ2) is 5.25. The van der Waals surface area contributed by atoms with Crippen LogP contribution in [0.1, 0.15) is 44.0 Å². The maximum absolute atomic E-state index is 6.43. The highest BCUT2D eigenvalue weighted by Crippen LogP contribution is 2.45. The fourth-order valence-corrected chi connectivity index (χ4v) is 2.95. The Labute approximate surface area is 120 Å². The Kier molecular flexibility index (Phi) is 3.45. The molecule has 0 saturated heterocycles. The van der Waals surface area contributed by atoms with E-state index in [-0.39, 0.29) is 11.8 Å². The largest absolute Gasteiger partial charge is 0.356 e. The van der Waals surface area contributed by atoms with E-state index in [4.69, 9.17) is 4.74 Å². The normalized spacial score (nSPS) is 20.0. The van der Waals surface area contributed by atoms with Gasteiger partial charge in [0, 0.05) is 29.2 Å². The number of rotatable bonds is 3. The van der Waals surface area contributed by atoms with Crippen LogP contribution in [0.15, 0.2) is 48.8 Å². The molecule has 104 valence electrons. The van der Waals surface area contributed by atoms with Crippen molar-refractivity contribution in [2.45, 2.75) is 38.5 Å². The van der Waals surface area contributed by atoms with Crippen LogP contribution in [-0.2, 0) is 10.3 Å². The number of aromatic nitrogens is 1. The molecule has 20 heavy (non-hydrogen) atoms. The minimum atomic E-state index is -0.220. The molecule has 1 atom stereocenters. The van der Waals surface area contributed by atoms with Gasteiger partial charge < -0.3 is 10.1 Å². The Bertz CT molecular complexity index is 579. The van der Waals surface area contributed by atoms with Crippen molar-refractivity contribution in [3.63, 3.8) is 0 Å². The second-order valence-corrected chi connectivity index (χ2v) is 5.18. The van der Waals surface area contributed by atoms with Gasteiger partial charge in [0.2, 0.25) is 0 Å². The molecule has 1 aliphatic rings. The lowest BCUT2D eigenvalue weighted by Gasteiger charge is -2.42. The molecule has 0 bridgehead atoms. The summed E-state index contributed by atoms with van der Waals surface area (Å²) in [5, 5.41) is 3.47. The van der Waals surface area contributed by atoms with Crippen LogP contribution < -0.4 is 5.32 Å². The van der Waals surface area contributed by atoms with Gasteiger partial charge >= 0.3 is 0 Å². The average molecular weight is 268 g/mol. The van der Waals surface area contributed by atoms with Crippen molar-refractivity contribution in [2.24, 2.45) is 0 Å². The Morgan fingerprint density at radius 2 is 1.95 bits per heavy atom. The molecule has 0 saturated carbocycles. The number of benzene rings is 1. The maximum atomic E-state index is 6.43. The molecule has 2 heterocycles. The molecule has 0 radical (unpaired) electrons. The topological polar surface area (TPSA) is 34.1 Å². The number of pyridine rings is 1. The van der Waals surface area contributed by atoms with Crippen molar-refractivity contribution in [3.05, 3.63) is 59.9 Å². The molecule has 2 aromatic rings. The van der Waals surface area contributed by atoms with Gasteiger partial charge in [0.1, 0.15) is 0 Å². The van der Waals surface area contributed by atoms with E-state index in [9.17, 15) is 0 Å². The Morgan fingerprint density at radius 1 is 1.15 bits per heavy atom. The predicted molar refractivity (Wildman–Crippen MR) is 80.4 cm³/mol. The second-order valence-electron chi connectivity index (χ2n) is 5.18. The highest BCUT2D eigenvalue weighted by atomic mass is 16.5. The molecule has 1 aromatic heterocycles. The third-order valence-corrected chi connectivity index (χ3v) is 4.18. The summed E-state index contributed by atoms with van der Waals surface area (Å²) in [6, 6.07) is 12.4. The quantitative estimate of drug-likeness (QED) is 0.904. The minimum absolute atomic E-state index is 0.140. The van der Waals surface area contributed by atoms with E-state index >= 15 is 0 Å². The predicted octanol–water partition coefficient (Wildman–Crippen LogP) is 4.24. The van der Waals surface area contributed by atoms with Gasteiger partial charge in [0.05, 0.1) is 5.60 Å². The molecule has 1 aliphatic heterocycles. The van der Waals surface area contributed by atoms with Crippen molar-refractivity contribution in [1.82, 2.24) is 4.98 Å². The molecular formula is C17H20N2O. The number of fused-ring (bicyclic) bond motifs is 1. The molecule has 3 nitrogen and oxygen atoms in total. The summed E-state index contributed by atoms with van der Waals surface area (Å²) >= 11 is 0. The maximum Gasteiger partial charge on any atom is 0.156 e. The van der Waals surface area contributed by atoms with Gasteiger partial charge in [-0.15, -0.1) is 0 Å². The molecule has 0 unspecified atom stereocenters. The van der Waals surface area contributed by atoms with Gasteiger partial charge in [0.25, 0.3) is 0 Å². The molecule has 1 N–H and O–H groups in total. The number of para-hydroxylation sites is 1. The van der Waals surface area contributed by atoms with Crippen LogP contribution in [0.5, 0.6) is 0 Å². The van der Waals surface area contributed by atoms with Crippen molar-refractivity contribution in [1.29, 1.82) is 0 Å².